The van der Waals surface area contributed by atoms with E-state index in [1.165, 1.54) is 7.11 Å². The van der Waals surface area contributed by atoms with Crippen molar-refractivity contribution in [2.24, 2.45) is 0 Å². The van der Waals surface area contributed by atoms with E-state index in [2.05, 4.69) is 37.2 Å². The van der Waals surface area contributed by atoms with Crippen LogP contribution in [0.4, 0.5) is 21.9 Å². The molecule has 3 N–H and O–H groups in total. The molecule has 0 atom stereocenters. The number of pyridine rings is 1. The van der Waals surface area contributed by atoms with Crippen LogP contribution in [0.15, 0.2) is 79.0 Å². The number of anilines is 3. The van der Waals surface area contributed by atoms with Crippen molar-refractivity contribution in [2.45, 2.75) is 45.4 Å². The molecule has 0 spiro atoms. The molecule has 1 saturated heterocycles. The lowest BCUT2D eigenvalue weighted by Gasteiger charge is -2.32. The van der Waals surface area contributed by atoms with Gasteiger partial charge in [-0.05, 0) is 79.0 Å². The van der Waals surface area contributed by atoms with E-state index in [1.54, 1.807) is 50.7 Å². The van der Waals surface area contributed by atoms with E-state index in [0.29, 0.717) is 52.8 Å². The average Bonchev–Trinajstić information content (AvgIpc) is 3.21. The van der Waals surface area contributed by atoms with Gasteiger partial charge in [0.05, 0.1) is 44.6 Å². The molecule has 1 aliphatic heterocycles. The third kappa shape index (κ3) is 11.5. The summed E-state index contributed by atoms with van der Waals surface area (Å²) in [5.74, 6) is 2.21. The van der Waals surface area contributed by atoms with Crippen LogP contribution in [-0.4, -0.2) is 102 Å². The number of rotatable bonds is 16. The van der Waals surface area contributed by atoms with Crippen molar-refractivity contribution in [2.75, 3.05) is 82.7 Å². The van der Waals surface area contributed by atoms with Gasteiger partial charge in [-0.25, -0.2) is 13.2 Å². The number of amides is 2. The first-order valence-electron chi connectivity index (χ1n) is 20.2. The van der Waals surface area contributed by atoms with Gasteiger partial charge in [-0.15, -0.1) is 0 Å². The van der Waals surface area contributed by atoms with Gasteiger partial charge in [0.2, 0.25) is 10.0 Å². The number of sulfonamides is 1. The van der Waals surface area contributed by atoms with Crippen molar-refractivity contribution in [1.29, 1.82) is 0 Å². The summed E-state index contributed by atoms with van der Waals surface area (Å²) in [5.41, 5.74) is 3.49. The van der Waals surface area contributed by atoms with E-state index in [1.807, 2.05) is 63.2 Å². The number of carbonyl (C=O) groups excluding carboxylic acids is 2. The van der Waals surface area contributed by atoms with Gasteiger partial charge in [-0.2, -0.15) is 0 Å². The number of piperazine rings is 1. The highest BCUT2D eigenvalue weighted by atomic mass is 32.2. The standard InChI is InChI=1S/C46H56N6O8S/c1-46(2,3)31-27-37(44(59-7)38(28-31)50-61(8,55)56)49-45(54)48-36-15-16-40(35-13-10-9-12-34(35)36)60-33-17-18-47-32(29-33)24-30-25-41(57-5)43(42(26-30)58-6)39(53)14-11-19-52-22-20-51(4)21-23-52/h9-10,12-13,15-18,25-29,50H,11,14,19-24H2,1-8H3,(H2,48,49,54). The van der Waals surface area contributed by atoms with Crippen LogP contribution < -0.4 is 34.3 Å². The molecule has 0 bridgehead atoms. The molecular formula is C46H56N6O8S. The van der Waals surface area contributed by atoms with Gasteiger partial charge in [0.25, 0.3) is 0 Å². The van der Waals surface area contributed by atoms with Crippen molar-refractivity contribution in [3.63, 3.8) is 0 Å². The monoisotopic (exact) mass is 852 g/mol. The molecule has 0 radical (unpaired) electrons. The molecule has 0 aliphatic carbocycles. The molecule has 1 aliphatic rings. The summed E-state index contributed by atoms with van der Waals surface area (Å²) < 4.78 is 50.4. The fraction of sp³-hybridized carbons (Fsp3) is 0.370. The predicted octanol–water partition coefficient (Wildman–Crippen LogP) is 8.17. The zero-order chi connectivity index (χ0) is 43.9. The molecule has 0 saturated carbocycles. The first-order valence-corrected chi connectivity index (χ1v) is 22.1. The minimum absolute atomic E-state index is 0.0128. The van der Waals surface area contributed by atoms with Gasteiger partial charge in [-0.1, -0.05) is 45.0 Å². The molecule has 1 aromatic heterocycles. The molecule has 6 rings (SSSR count). The van der Waals surface area contributed by atoms with Gasteiger partial charge < -0.3 is 39.4 Å². The molecule has 1 fully saturated rings. The van der Waals surface area contributed by atoms with Crippen LogP contribution >= 0.6 is 0 Å². The second-order valence-electron chi connectivity index (χ2n) is 16.3. The largest absolute Gasteiger partial charge is 0.496 e. The Bertz CT molecular complexity index is 2470. The fourth-order valence-corrected chi connectivity index (χ4v) is 7.90. The number of ketones is 1. The zero-order valence-electron chi connectivity index (χ0n) is 36.2. The molecule has 324 valence electrons. The first-order chi connectivity index (χ1) is 29.0. The fourth-order valence-electron chi connectivity index (χ4n) is 7.35. The zero-order valence-corrected chi connectivity index (χ0v) is 37.0. The lowest BCUT2D eigenvalue weighted by Crippen LogP contribution is -2.44. The van der Waals surface area contributed by atoms with E-state index >= 15 is 0 Å². The summed E-state index contributed by atoms with van der Waals surface area (Å²) in [7, 11) is 3.02. The van der Waals surface area contributed by atoms with Crippen LogP contribution in [0.2, 0.25) is 0 Å². The highest BCUT2D eigenvalue weighted by Crippen LogP contribution is 2.40. The number of hydrogen-bond donors (Lipinski definition) is 3. The van der Waals surface area contributed by atoms with Crippen LogP contribution in [-0.2, 0) is 21.9 Å². The summed E-state index contributed by atoms with van der Waals surface area (Å²) in [4.78, 5) is 36.4. The summed E-state index contributed by atoms with van der Waals surface area (Å²) >= 11 is 0. The number of methoxy groups -OCH3 is 3. The lowest BCUT2D eigenvalue weighted by atomic mass is 9.86. The van der Waals surface area contributed by atoms with E-state index in [4.69, 9.17) is 18.9 Å². The van der Waals surface area contributed by atoms with Gasteiger partial charge in [0, 0.05) is 67.8 Å². The van der Waals surface area contributed by atoms with Crippen molar-refractivity contribution in [1.82, 2.24) is 14.8 Å². The highest BCUT2D eigenvalue weighted by Gasteiger charge is 2.24. The summed E-state index contributed by atoms with van der Waals surface area (Å²) in [6, 6.07) is 21.4. The topological polar surface area (TPSA) is 161 Å². The van der Waals surface area contributed by atoms with Crippen LogP contribution in [0.1, 0.15) is 60.8 Å². The van der Waals surface area contributed by atoms with Crippen LogP contribution in [0, 0.1) is 0 Å². The van der Waals surface area contributed by atoms with E-state index in [-0.39, 0.29) is 22.6 Å². The summed E-state index contributed by atoms with van der Waals surface area (Å²) in [6.45, 7) is 10.9. The molecule has 5 aromatic rings. The Morgan fingerprint density at radius 1 is 0.787 bits per heavy atom. The third-order valence-electron chi connectivity index (χ3n) is 10.6. The maximum atomic E-state index is 13.6. The summed E-state index contributed by atoms with van der Waals surface area (Å²) in [6.07, 6.45) is 4.32. The first kappa shape index (κ1) is 44.6. The van der Waals surface area contributed by atoms with Gasteiger partial charge in [-0.3, -0.25) is 14.5 Å². The number of nitrogens with one attached hydrogen (secondary N) is 3. The Morgan fingerprint density at radius 2 is 1.44 bits per heavy atom. The lowest BCUT2D eigenvalue weighted by molar-refractivity contribution is 0.0961. The molecule has 15 heteroatoms. The van der Waals surface area contributed by atoms with Crippen LogP contribution in [0.5, 0.6) is 28.7 Å². The molecule has 14 nitrogen and oxygen atoms in total. The normalized spacial score (nSPS) is 13.7. The van der Waals surface area contributed by atoms with Crippen molar-refractivity contribution < 1.29 is 37.0 Å². The quantitative estimate of drug-likeness (QED) is 0.0822. The Balaban J connectivity index is 1.17. The highest BCUT2D eigenvalue weighted by molar-refractivity contribution is 7.92. The van der Waals surface area contributed by atoms with Crippen molar-refractivity contribution >= 4 is 49.7 Å². The smallest absolute Gasteiger partial charge is 0.323 e. The molecule has 4 aromatic carbocycles. The Hall–Kier alpha value is -5.90. The van der Waals surface area contributed by atoms with Gasteiger partial charge >= 0.3 is 6.03 Å². The number of likely N-dealkylation sites (N-methyl/N-ethyl adjacent to an activating group) is 1. The number of urea groups is 1. The molecule has 61 heavy (non-hydrogen) atoms. The maximum Gasteiger partial charge on any atom is 0.323 e. The molecule has 0 unspecified atom stereocenters. The number of nitrogens with zero attached hydrogens (tertiary/aromatic N) is 3. The van der Waals surface area contributed by atoms with E-state index in [9.17, 15) is 18.0 Å². The SMILES string of the molecule is COc1cc(Cc2cc(Oc3ccc(NC(=O)Nc4cc(C(C)(C)C)cc(NS(C)(=O)=O)c4OC)c4ccccc34)ccn2)cc(OC)c1C(=O)CCCN1CCN(C)CC1. The predicted molar refractivity (Wildman–Crippen MR) is 241 cm³/mol. The van der Waals surface area contributed by atoms with E-state index < -0.39 is 16.1 Å². The average molecular weight is 853 g/mol. The van der Waals surface area contributed by atoms with Crippen molar-refractivity contribution in [3.05, 3.63) is 101 Å². The Labute approximate surface area is 358 Å². The number of hydrogen-bond acceptors (Lipinski definition) is 11. The number of Topliss-reactive ketones (excluding diaryl/α,β-unsaturated/α-hetero) is 1. The number of ether oxygens (including phenoxy) is 4. The third-order valence-corrected chi connectivity index (χ3v) is 11.1. The second kappa shape index (κ2) is 19.2. The second-order valence-corrected chi connectivity index (χ2v) is 18.0. The molecule has 2 amide bonds. The Morgan fingerprint density at radius 3 is 2.08 bits per heavy atom. The molecule has 2 heterocycles. The van der Waals surface area contributed by atoms with E-state index in [0.717, 1.165) is 73.0 Å². The molecular weight excluding hydrogens is 797 g/mol. The Kier molecular flexibility index (Phi) is 14.1. The van der Waals surface area contributed by atoms with Crippen molar-refractivity contribution in [3.8, 4) is 28.7 Å². The van der Waals surface area contributed by atoms with Gasteiger partial charge in [0.1, 0.15) is 28.6 Å². The number of fused-ring (bicyclic) bond motifs is 1. The number of carbonyl (C=O) groups is 2. The van der Waals surface area contributed by atoms with Crippen LogP contribution in [0.3, 0.4) is 0 Å². The maximum absolute atomic E-state index is 13.6. The summed E-state index contributed by atoms with van der Waals surface area (Å²) in [5, 5.41) is 7.27. The minimum atomic E-state index is -3.64. The number of benzene rings is 4. The van der Waals surface area contributed by atoms with Gasteiger partial charge in [0.15, 0.2) is 11.5 Å². The van der Waals surface area contributed by atoms with Crippen LogP contribution in [0.25, 0.3) is 10.8 Å². The number of aromatic nitrogens is 1. The minimum Gasteiger partial charge on any atom is -0.496 e.